The van der Waals surface area contributed by atoms with Crippen LogP contribution in [0.1, 0.15) is 24.2 Å². The SMILES string of the molecule is Cc1cc(C)n(-c2ccc(NC(=O)N[C@@H]3COC[C@H]3N3CCCC3)cc2)n1. The summed E-state index contributed by atoms with van der Waals surface area (Å²) < 4.78 is 7.52. The van der Waals surface area contributed by atoms with E-state index in [-0.39, 0.29) is 18.1 Å². The van der Waals surface area contributed by atoms with Gasteiger partial charge in [-0.2, -0.15) is 5.10 Å². The summed E-state index contributed by atoms with van der Waals surface area (Å²) in [6, 6.07) is 9.89. The molecule has 0 spiro atoms. The van der Waals surface area contributed by atoms with Crippen molar-refractivity contribution in [3.05, 3.63) is 41.7 Å². The minimum atomic E-state index is -0.187. The number of rotatable bonds is 4. The largest absolute Gasteiger partial charge is 0.378 e. The number of amides is 2. The summed E-state index contributed by atoms with van der Waals surface area (Å²) in [5, 5.41) is 10.5. The molecule has 2 N–H and O–H groups in total. The van der Waals surface area contributed by atoms with E-state index in [1.165, 1.54) is 12.8 Å². The van der Waals surface area contributed by atoms with E-state index in [9.17, 15) is 4.79 Å². The lowest BCUT2D eigenvalue weighted by Gasteiger charge is -2.27. The third kappa shape index (κ3) is 3.99. The lowest BCUT2D eigenvalue weighted by Crippen LogP contribution is -2.51. The number of nitrogens with one attached hydrogen (secondary N) is 2. The zero-order valence-corrected chi connectivity index (χ0v) is 15.9. The number of nitrogens with zero attached hydrogens (tertiary/aromatic N) is 3. The number of carbonyl (C=O) groups is 1. The van der Waals surface area contributed by atoms with Crippen LogP contribution in [-0.2, 0) is 4.74 Å². The Kier molecular flexibility index (Phi) is 5.13. The highest BCUT2D eigenvalue weighted by molar-refractivity contribution is 5.89. The molecule has 2 atom stereocenters. The minimum Gasteiger partial charge on any atom is -0.378 e. The molecule has 144 valence electrons. The van der Waals surface area contributed by atoms with Crippen LogP contribution in [0.2, 0.25) is 0 Å². The maximum atomic E-state index is 12.4. The minimum absolute atomic E-state index is 0.0390. The number of aromatic nitrogens is 2. The van der Waals surface area contributed by atoms with Crippen LogP contribution in [0.25, 0.3) is 5.69 Å². The van der Waals surface area contributed by atoms with E-state index >= 15 is 0 Å². The monoisotopic (exact) mass is 369 g/mol. The van der Waals surface area contributed by atoms with Gasteiger partial charge in [-0.15, -0.1) is 0 Å². The standard InChI is InChI=1S/C20H27N5O2/c1-14-11-15(2)25(23-14)17-7-5-16(6-8-17)21-20(26)22-18-12-27-13-19(18)24-9-3-4-10-24/h5-8,11,18-19H,3-4,9-10,12-13H2,1-2H3,(H2,21,22,26)/t18-,19-/m1/s1. The molecule has 0 aliphatic carbocycles. The predicted octanol–water partition coefficient (Wildman–Crippen LogP) is 2.47. The Morgan fingerprint density at radius 1 is 1.15 bits per heavy atom. The summed E-state index contributed by atoms with van der Waals surface area (Å²) >= 11 is 0. The summed E-state index contributed by atoms with van der Waals surface area (Å²) in [5.74, 6) is 0. The number of anilines is 1. The molecule has 0 unspecified atom stereocenters. The van der Waals surface area contributed by atoms with Crippen LogP contribution in [0, 0.1) is 13.8 Å². The number of urea groups is 1. The Morgan fingerprint density at radius 3 is 2.56 bits per heavy atom. The van der Waals surface area contributed by atoms with Gasteiger partial charge < -0.3 is 15.4 Å². The fourth-order valence-electron chi connectivity index (χ4n) is 4.03. The second-order valence-electron chi connectivity index (χ2n) is 7.44. The molecule has 4 rings (SSSR count). The Labute approximate surface area is 159 Å². The van der Waals surface area contributed by atoms with E-state index in [1.54, 1.807) is 0 Å². The van der Waals surface area contributed by atoms with Gasteiger partial charge in [0.1, 0.15) is 0 Å². The molecule has 7 nitrogen and oxygen atoms in total. The Bertz CT molecular complexity index is 795. The van der Waals surface area contributed by atoms with Crippen LogP contribution in [0.5, 0.6) is 0 Å². The zero-order valence-electron chi connectivity index (χ0n) is 15.9. The van der Waals surface area contributed by atoms with Crippen LogP contribution < -0.4 is 10.6 Å². The van der Waals surface area contributed by atoms with Crippen molar-refractivity contribution in [2.24, 2.45) is 0 Å². The first-order valence-electron chi connectivity index (χ1n) is 9.63. The quantitative estimate of drug-likeness (QED) is 0.869. The molecule has 0 bridgehead atoms. The van der Waals surface area contributed by atoms with E-state index < -0.39 is 0 Å². The first-order chi connectivity index (χ1) is 13.1. The van der Waals surface area contributed by atoms with Crippen LogP contribution in [0.3, 0.4) is 0 Å². The third-order valence-corrected chi connectivity index (χ3v) is 5.36. The van der Waals surface area contributed by atoms with E-state index in [1.807, 2.05) is 48.9 Å². The smallest absolute Gasteiger partial charge is 0.319 e. The lowest BCUT2D eigenvalue weighted by atomic mass is 10.1. The first kappa shape index (κ1) is 18.0. The van der Waals surface area contributed by atoms with Crippen LogP contribution in [-0.4, -0.2) is 59.1 Å². The van der Waals surface area contributed by atoms with Crippen LogP contribution in [0.15, 0.2) is 30.3 Å². The van der Waals surface area contributed by atoms with Crippen LogP contribution >= 0.6 is 0 Å². The fourth-order valence-corrected chi connectivity index (χ4v) is 4.03. The van der Waals surface area contributed by atoms with Gasteiger partial charge in [-0.1, -0.05) is 0 Å². The van der Waals surface area contributed by atoms with E-state index in [0.29, 0.717) is 13.2 Å². The highest BCUT2D eigenvalue weighted by atomic mass is 16.5. The Hall–Kier alpha value is -2.38. The Morgan fingerprint density at radius 2 is 1.89 bits per heavy atom. The molecule has 2 aliphatic heterocycles. The zero-order chi connectivity index (χ0) is 18.8. The second-order valence-corrected chi connectivity index (χ2v) is 7.44. The highest BCUT2D eigenvalue weighted by Crippen LogP contribution is 2.20. The number of likely N-dealkylation sites (tertiary alicyclic amines) is 1. The van der Waals surface area contributed by atoms with Gasteiger partial charge in [0.2, 0.25) is 0 Å². The van der Waals surface area contributed by atoms with Crippen molar-refractivity contribution >= 4 is 11.7 Å². The maximum Gasteiger partial charge on any atom is 0.319 e. The molecule has 2 amide bonds. The maximum absolute atomic E-state index is 12.4. The summed E-state index contributed by atoms with van der Waals surface area (Å²) in [6.45, 7) is 7.48. The summed E-state index contributed by atoms with van der Waals surface area (Å²) in [7, 11) is 0. The van der Waals surface area contributed by atoms with Crippen molar-refractivity contribution in [2.45, 2.75) is 38.8 Å². The van der Waals surface area contributed by atoms with Crippen molar-refractivity contribution in [3.63, 3.8) is 0 Å². The van der Waals surface area contributed by atoms with Gasteiger partial charge in [-0.25, -0.2) is 9.48 Å². The molecule has 0 saturated carbocycles. The topological polar surface area (TPSA) is 71.4 Å². The molecule has 2 fully saturated rings. The summed E-state index contributed by atoms with van der Waals surface area (Å²) in [5.41, 5.74) is 3.81. The number of ether oxygens (including phenoxy) is 1. The molecule has 2 saturated heterocycles. The normalized spacial score (nSPS) is 22.9. The molecule has 1 aromatic carbocycles. The predicted molar refractivity (Wildman–Crippen MR) is 104 cm³/mol. The molecule has 1 aromatic heterocycles. The van der Waals surface area contributed by atoms with E-state index in [4.69, 9.17) is 4.74 Å². The number of carbonyl (C=O) groups excluding carboxylic acids is 1. The van der Waals surface area contributed by atoms with Gasteiger partial charge in [0.25, 0.3) is 0 Å². The van der Waals surface area contributed by atoms with Gasteiger partial charge in [-0.3, -0.25) is 4.90 Å². The Balaban J connectivity index is 1.36. The average Bonchev–Trinajstić information content (AvgIpc) is 3.37. The molecule has 2 aliphatic rings. The highest BCUT2D eigenvalue weighted by Gasteiger charge is 2.35. The van der Waals surface area contributed by atoms with Crippen molar-refractivity contribution in [3.8, 4) is 5.69 Å². The van der Waals surface area contributed by atoms with Crippen molar-refractivity contribution in [1.29, 1.82) is 0 Å². The molecular weight excluding hydrogens is 342 g/mol. The summed E-state index contributed by atoms with van der Waals surface area (Å²) in [6.07, 6.45) is 2.47. The molecule has 7 heteroatoms. The number of hydrogen-bond acceptors (Lipinski definition) is 4. The van der Waals surface area contributed by atoms with Gasteiger partial charge in [-0.05, 0) is 70.1 Å². The number of aryl methyl sites for hydroxylation is 2. The van der Waals surface area contributed by atoms with Gasteiger partial charge in [0.05, 0.1) is 36.7 Å². The van der Waals surface area contributed by atoms with E-state index in [2.05, 4.69) is 20.6 Å². The van der Waals surface area contributed by atoms with Crippen molar-refractivity contribution < 1.29 is 9.53 Å². The van der Waals surface area contributed by atoms with Gasteiger partial charge in [0.15, 0.2) is 0 Å². The van der Waals surface area contributed by atoms with Crippen LogP contribution in [0.4, 0.5) is 10.5 Å². The van der Waals surface area contributed by atoms with Crippen molar-refractivity contribution in [1.82, 2.24) is 20.0 Å². The molecule has 0 radical (unpaired) electrons. The van der Waals surface area contributed by atoms with Gasteiger partial charge >= 0.3 is 6.03 Å². The number of hydrogen-bond donors (Lipinski definition) is 2. The van der Waals surface area contributed by atoms with Gasteiger partial charge in [0, 0.05) is 11.4 Å². The van der Waals surface area contributed by atoms with E-state index in [0.717, 1.165) is 35.9 Å². The molecule has 2 aromatic rings. The third-order valence-electron chi connectivity index (χ3n) is 5.36. The molecular formula is C20H27N5O2. The summed E-state index contributed by atoms with van der Waals surface area (Å²) in [4.78, 5) is 14.9. The molecule has 3 heterocycles. The lowest BCUT2D eigenvalue weighted by molar-refractivity contribution is 0.159. The first-order valence-corrected chi connectivity index (χ1v) is 9.63. The fraction of sp³-hybridized carbons (Fsp3) is 0.500. The average molecular weight is 369 g/mol. The number of benzene rings is 1. The second kappa shape index (κ2) is 7.70. The molecule has 27 heavy (non-hydrogen) atoms. The van der Waals surface area contributed by atoms with Crippen molar-refractivity contribution in [2.75, 3.05) is 31.6 Å².